The molecule has 0 saturated heterocycles. The van der Waals surface area contributed by atoms with Gasteiger partial charge in [0.1, 0.15) is 44.4 Å². The summed E-state index contributed by atoms with van der Waals surface area (Å²) in [5, 5.41) is 19.5. The van der Waals surface area contributed by atoms with Crippen LogP contribution in [0.5, 0.6) is 0 Å². The third kappa shape index (κ3) is 12.4. The topological polar surface area (TPSA) is 72.3 Å². The van der Waals surface area contributed by atoms with E-state index < -0.39 is 0 Å². The molecule has 8 nitrogen and oxygen atoms in total. The van der Waals surface area contributed by atoms with E-state index in [1.165, 1.54) is 103 Å². The number of hydrogen-bond donors (Lipinski definition) is 0. The highest BCUT2D eigenvalue weighted by Gasteiger charge is 2.29. The molecule has 32 aromatic rings. The van der Waals surface area contributed by atoms with Crippen molar-refractivity contribution >= 4 is 258 Å². The van der Waals surface area contributed by atoms with Crippen molar-refractivity contribution < 1.29 is 17.7 Å². The molecule has 0 unspecified atom stereocenters. The largest absolute Gasteiger partial charge is 0.453 e. The molecule has 0 aliphatic carbocycles. The molecule has 0 aliphatic rings. The summed E-state index contributed by atoms with van der Waals surface area (Å²) in [7, 11) is 0. The molecule has 0 amide bonds. The first kappa shape index (κ1) is 80.0. The highest BCUT2D eigenvalue weighted by Crippen LogP contribution is 2.52. The van der Waals surface area contributed by atoms with E-state index in [-0.39, 0.29) is 0 Å². The van der Waals surface area contributed by atoms with Gasteiger partial charge in [0.05, 0.1) is 22.1 Å². The van der Waals surface area contributed by atoms with Crippen LogP contribution in [0.1, 0.15) is 0 Å². The first-order valence-corrected chi connectivity index (χ1v) is 50.4. The first-order chi connectivity index (χ1) is 69.5. The van der Waals surface area contributed by atoms with E-state index in [0.717, 1.165) is 177 Å². The van der Waals surface area contributed by atoms with E-state index in [9.17, 15) is 0 Å². The lowest BCUT2D eigenvalue weighted by Crippen LogP contribution is -1.92. The fourth-order valence-electron chi connectivity index (χ4n) is 22.0. The molecular weight excluding hydrogens is 1790 g/mol. The van der Waals surface area contributed by atoms with Gasteiger partial charge in [-0.15, -0.1) is 45.3 Å². The molecular formula is C128H76N4O4S4. The fourth-order valence-corrected chi connectivity index (χ4v) is 26.6. The SMILES string of the molecule is c1ccc(-n2c3ccccc3c3oc4c(-c5ccc6c(c5)sc5ccccc56)cccc4c32)cc1.c1ccc(-n2c3ccccc3c3oc4c(-c5ccc6sc7ccccc7c6c5)cccc4c32)cc1.c1ccc(-n2c3ccccc3c3oc4c(-c5cccc6c5sc5ccccc56)cccc4c32)cc1.c1ccc(-n2c3ccccc3c3oc4c(-c5cccc6sc7ccccc7c56)cccc4c32)cc1. The predicted molar refractivity (Wildman–Crippen MR) is 596 cm³/mol. The van der Waals surface area contributed by atoms with Gasteiger partial charge < -0.3 is 35.9 Å². The summed E-state index contributed by atoms with van der Waals surface area (Å²) in [5.41, 5.74) is 30.5. The molecule has 12 aromatic heterocycles. The second-order valence-electron chi connectivity index (χ2n) is 35.8. The molecule has 0 atom stereocenters. The molecule has 0 spiro atoms. The van der Waals surface area contributed by atoms with E-state index >= 15 is 0 Å². The maximum Gasteiger partial charge on any atom is 0.161 e. The van der Waals surface area contributed by atoms with Crippen LogP contribution in [0.15, 0.2) is 479 Å². The maximum atomic E-state index is 6.77. The molecule has 32 rings (SSSR count). The zero-order valence-electron chi connectivity index (χ0n) is 74.9. The van der Waals surface area contributed by atoms with Crippen LogP contribution in [-0.2, 0) is 0 Å². The fraction of sp³-hybridized carbons (Fsp3) is 0. The summed E-state index contributed by atoms with van der Waals surface area (Å²) < 4.78 is 46.8. The number of hydrogen-bond acceptors (Lipinski definition) is 8. The Labute approximate surface area is 815 Å². The zero-order chi connectivity index (χ0) is 91.7. The molecule has 0 aliphatic heterocycles. The summed E-state index contributed by atoms with van der Waals surface area (Å²) in [6.45, 7) is 0. The van der Waals surface area contributed by atoms with E-state index in [2.05, 4.69) is 479 Å². The van der Waals surface area contributed by atoms with Crippen molar-refractivity contribution in [3.8, 4) is 67.3 Å². The van der Waals surface area contributed by atoms with Gasteiger partial charge >= 0.3 is 0 Å². The van der Waals surface area contributed by atoms with Crippen LogP contribution in [0.3, 0.4) is 0 Å². The molecule has 12 heteroatoms. The van der Waals surface area contributed by atoms with Crippen LogP contribution >= 0.6 is 45.3 Å². The van der Waals surface area contributed by atoms with Crippen LogP contribution < -0.4 is 0 Å². The van der Waals surface area contributed by atoms with Gasteiger partial charge in [-0.05, 0) is 187 Å². The number of furan rings is 4. The number of aromatic nitrogens is 4. The van der Waals surface area contributed by atoms with Crippen molar-refractivity contribution in [3.05, 3.63) is 461 Å². The van der Waals surface area contributed by atoms with Crippen molar-refractivity contribution in [1.29, 1.82) is 0 Å². The average molecular weight is 1860 g/mol. The van der Waals surface area contributed by atoms with Crippen LogP contribution in [0.4, 0.5) is 0 Å². The highest BCUT2D eigenvalue weighted by molar-refractivity contribution is 7.27. The second-order valence-corrected chi connectivity index (χ2v) is 40.1. The van der Waals surface area contributed by atoms with Gasteiger partial charge in [-0.1, -0.05) is 291 Å². The number of nitrogens with zero attached hydrogens (tertiary/aromatic N) is 4. The number of para-hydroxylation sites is 12. The third-order valence-corrected chi connectivity index (χ3v) is 32.7. The van der Waals surface area contributed by atoms with Gasteiger partial charge in [0.2, 0.25) is 0 Å². The molecule has 140 heavy (non-hydrogen) atoms. The number of rotatable bonds is 8. The second kappa shape index (κ2) is 32.2. The van der Waals surface area contributed by atoms with Crippen LogP contribution in [0.25, 0.3) is 280 Å². The summed E-state index contributed by atoms with van der Waals surface area (Å²) >= 11 is 7.40. The predicted octanol–water partition coefficient (Wildman–Crippen LogP) is 38.3. The number of benzene rings is 20. The van der Waals surface area contributed by atoms with Crippen molar-refractivity contribution in [2.75, 3.05) is 0 Å². The Hall–Kier alpha value is -17.4. The van der Waals surface area contributed by atoms with Gasteiger partial charge in [-0.2, -0.15) is 0 Å². The maximum absolute atomic E-state index is 6.77. The Bertz CT molecular complexity index is 10600. The van der Waals surface area contributed by atoms with E-state index in [1.54, 1.807) is 0 Å². The van der Waals surface area contributed by atoms with Crippen molar-refractivity contribution in [2.45, 2.75) is 0 Å². The number of thiophene rings is 4. The average Bonchev–Trinajstić information content (AvgIpc) is 1.57. The lowest BCUT2D eigenvalue weighted by Gasteiger charge is -2.08. The highest BCUT2D eigenvalue weighted by atomic mass is 32.1. The van der Waals surface area contributed by atoms with E-state index in [0.29, 0.717) is 0 Å². The molecule has 0 fully saturated rings. The molecule has 0 radical (unpaired) electrons. The Morgan fingerprint density at radius 2 is 0.421 bits per heavy atom. The Morgan fingerprint density at radius 1 is 0.150 bits per heavy atom. The van der Waals surface area contributed by atoms with Crippen molar-refractivity contribution in [2.24, 2.45) is 0 Å². The van der Waals surface area contributed by atoms with Gasteiger partial charge in [0.25, 0.3) is 0 Å². The van der Waals surface area contributed by atoms with Crippen molar-refractivity contribution in [3.63, 3.8) is 0 Å². The van der Waals surface area contributed by atoms with Crippen LogP contribution in [0.2, 0.25) is 0 Å². The minimum Gasteiger partial charge on any atom is -0.453 e. The Morgan fingerprint density at radius 3 is 0.864 bits per heavy atom. The molecule has 12 heterocycles. The molecule has 0 bridgehead atoms. The third-order valence-electron chi connectivity index (χ3n) is 28.0. The zero-order valence-corrected chi connectivity index (χ0v) is 78.2. The summed E-state index contributed by atoms with van der Waals surface area (Å²) in [6.07, 6.45) is 0. The minimum absolute atomic E-state index is 0.937. The van der Waals surface area contributed by atoms with Gasteiger partial charge in [-0.3, -0.25) is 0 Å². The van der Waals surface area contributed by atoms with Crippen LogP contribution in [0, 0.1) is 0 Å². The van der Waals surface area contributed by atoms with Gasteiger partial charge in [0.15, 0.2) is 22.3 Å². The summed E-state index contributed by atoms with van der Waals surface area (Å²) in [4.78, 5) is 0. The molecule has 0 N–H and O–H groups in total. The van der Waals surface area contributed by atoms with E-state index in [1.807, 2.05) is 45.3 Å². The van der Waals surface area contributed by atoms with E-state index in [4.69, 9.17) is 17.7 Å². The molecule has 656 valence electrons. The Kier molecular flexibility index (Phi) is 18.4. The molecule has 0 saturated carbocycles. The molecule has 20 aromatic carbocycles. The summed E-state index contributed by atoms with van der Waals surface area (Å²) in [6, 6.07) is 164. The lowest BCUT2D eigenvalue weighted by molar-refractivity contribution is 0.673. The van der Waals surface area contributed by atoms with Gasteiger partial charge in [-0.25, -0.2) is 0 Å². The van der Waals surface area contributed by atoms with Crippen LogP contribution in [-0.4, -0.2) is 18.3 Å². The Balaban J connectivity index is 0.0000000896. The first-order valence-electron chi connectivity index (χ1n) is 47.2. The van der Waals surface area contributed by atoms with Gasteiger partial charge in [0, 0.05) is 174 Å². The smallest absolute Gasteiger partial charge is 0.161 e. The normalized spacial score (nSPS) is 12.0. The minimum atomic E-state index is 0.937. The monoisotopic (exact) mass is 1860 g/mol. The summed E-state index contributed by atoms with van der Waals surface area (Å²) in [5.74, 6) is 0. The number of fused-ring (bicyclic) bond motifs is 32. The lowest BCUT2D eigenvalue weighted by atomic mass is 9.98. The van der Waals surface area contributed by atoms with Crippen molar-refractivity contribution in [1.82, 2.24) is 18.3 Å². The standard InChI is InChI=1S/4C32H19NOS/c1-2-10-20(11-3-1)33-27-18-6-4-13-25(27)31-29(33)26-17-8-14-22(30(26)34-31)24-16-9-15-23-21-12-5-7-19-28(21)35-32(23)24;1-2-10-20(11-3-1)33-26-17-6-4-12-23(26)32-30(33)25-16-8-15-22(31(25)34-32)21-14-9-19-28-29(21)24-13-5-7-18-27(24)35-28;1-2-9-21(10-3-1)33-27-15-6-4-12-25(27)32-30(33)26-14-8-13-22(31(26)34-32)20-17-18-24-23-11-5-7-16-28(23)35-29(24)19-20;1-2-9-21(10-3-1)33-27-15-6-4-12-24(27)32-30(33)25-14-8-13-22(31(25)34-32)20-17-18-29-26(19-20)23-11-5-7-16-28(23)35-29/h4*1-19H. The quantitative estimate of drug-likeness (QED) is 0.152.